The number of benzene rings is 2. The fourth-order valence-electron chi connectivity index (χ4n) is 2.16. The maximum Gasteiger partial charge on any atom is 0.0455 e. The van der Waals surface area contributed by atoms with Gasteiger partial charge in [-0.1, -0.05) is 55.8 Å². The fourth-order valence-corrected chi connectivity index (χ4v) is 2.36. The zero-order valence-electron chi connectivity index (χ0n) is 12.9. The molecule has 3 heteroatoms. The van der Waals surface area contributed by atoms with E-state index in [4.69, 9.17) is 11.6 Å². The average molecular weight is 303 g/mol. The average Bonchev–Trinajstić information content (AvgIpc) is 2.48. The molecule has 1 N–H and O–H groups in total. The quantitative estimate of drug-likeness (QED) is 0.846. The fraction of sp³-hybridized carbons (Fsp3) is 0.333. The highest BCUT2D eigenvalue weighted by Gasteiger charge is 2.05. The first-order valence-corrected chi connectivity index (χ1v) is 7.71. The Balaban J connectivity index is 2.00. The summed E-state index contributed by atoms with van der Waals surface area (Å²) in [5, 5.41) is 4.25. The molecule has 0 aliphatic heterocycles. The topological polar surface area (TPSA) is 15.3 Å². The SMILES string of the molecule is CC(C)NCc1ccc(N(C)Cc2ccccc2Cl)cc1. The van der Waals surface area contributed by atoms with Crippen molar-refractivity contribution in [1.29, 1.82) is 0 Å². The molecular formula is C18H23ClN2. The molecule has 0 saturated heterocycles. The highest BCUT2D eigenvalue weighted by atomic mass is 35.5. The minimum Gasteiger partial charge on any atom is -0.370 e. The lowest BCUT2D eigenvalue weighted by atomic mass is 10.1. The van der Waals surface area contributed by atoms with E-state index in [0.717, 1.165) is 23.7 Å². The third kappa shape index (κ3) is 4.76. The number of rotatable bonds is 6. The summed E-state index contributed by atoms with van der Waals surface area (Å²) in [6.45, 7) is 6.03. The summed E-state index contributed by atoms with van der Waals surface area (Å²) in [4.78, 5) is 2.21. The van der Waals surface area contributed by atoms with Gasteiger partial charge in [0.2, 0.25) is 0 Å². The Bertz CT molecular complexity index is 564. The summed E-state index contributed by atoms with van der Waals surface area (Å²) >= 11 is 6.22. The number of nitrogens with zero attached hydrogens (tertiary/aromatic N) is 1. The van der Waals surface area contributed by atoms with Gasteiger partial charge >= 0.3 is 0 Å². The molecule has 0 saturated carbocycles. The molecule has 0 spiro atoms. The van der Waals surface area contributed by atoms with Crippen molar-refractivity contribution in [3.05, 3.63) is 64.7 Å². The van der Waals surface area contributed by atoms with Crippen molar-refractivity contribution in [1.82, 2.24) is 5.32 Å². The van der Waals surface area contributed by atoms with E-state index >= 15 is 0 Å². The van der Waals surface area contributed by atoms with Crippen LogP contribution >= 0.6 is 11.6 Å². The van der Waals surface area contributed by atoms with Crippen LogP contribution < -0.4 is 10.2 Å². The minimum absolute atomic E-state index is 0.507. The summed E-state index contributed by atoms with van der Waals surface area (Å²) in [7, 11) is 2.09. The lowest BCUT2D eigenvalue weighted by Crippen LogP contribution is -2.22. The molecule has 0 fully saturated rings. The summed E-state index contributed by atoms with van der Waals surface area (Å²) < 4.78 is 0. The van der Waals surface area contributed by atoms with E-state index in [0.29, 0.717) is 6.04 Å². The maximum atomic E-state index is 6.22. The molecule has 112 valence electrons. The number of nitrogens with one attached hydrogen (secondary N) is 1. The van der Waals surface area contributed by atoms with Gasteiger partial charge in [-0.3, -0.25) is 0 Å². The normalized spacial score (nSPS) is 10.9. The van der Waals surface area contributed by atoms with E-state index in [2.05, 4.69) is 61.4 Å². The molecule has 0 amide bonds. The molecule has 2 rings (SSSR count). The van der Waals surface area contributed by atoms with Crippen LogP contribution in [-0.2, 0) is 13.1 Å². The second kappa shape index (κ2) is 7.48. The third-order valence-corrected chi connectivity index (χ3v) is 3.83. The van der Waals surface area contributed by atoms with Crippen molar-refractivity contribution in [2.24, 2.45) is 0 Å². The zero-order chi connectivity index (χ0) is 15.2. The number of anilines is 1. The largest absolute Gasteiger partial charge is 0.370 e. The highest BCUT2D eigenvalue weighted by Crippen LogP contribution is 2.21. The Morgan fingerprint density at radius 2 is 1.71 bits per heavy atom. The van der Waals surface area contributed by atoms with Crippen LogP contribution in [0.1, 0.15) is 25.0 Å². The van der Waals surface area contributed by atoms with Gasteiger partial charge in [0.25, 0.3) is 0 Å². The van der Waals surface area contributed by atoms with Gasteiger partial charge in [0, 0.05) is 36.9 Å². The lowest BCUT2D eigenvalue weighted by Gasteiger charge is -2.20. The monoisotopic (exact) mass is 302 g/mol. The first-order chi connectivity index (χ1) is 10.1. The van der Waals surface area contributed by atoms with Crippen molar-refractivity contribution in [2.75, 3.05) is 11.9 Å². The van der Waals surface area contributed by atoms with Crippen LogP contribution in [0.4, 0.5) is 5.69 Å². The van der Waals surface area contributed by atoms with Gasteiger partial charge in [-0.15, -0.1) is 0 Å². The molecule has 2 aromatic rings. The van der Waals surface area contributed by atoms with Crippen molar-refractivity contribution in [3.63, 3.8) is 0 Å². The molecule has 0 heterocycles. The van der Waals surface area contributed by atoms with Crippen LogP contribution in [0.3, 0.4) is 0 Å². The lowest BCUT2D eigenvalue weighted by molar-refractivity contribution is 0.589. The Hall–Kier alpha value is -1.51. The van der Waals surface area contributed by atoms with Crippen molar-refractivity contribution >= 4 is 17.3 Å². The highest BCUT2D eigenvalue weighted by molar-refractivity contribution is 6.31. The van der Waals surface area contributed by atoms with Gasteiger partial charge < -0.3 is 10.2 Å². The standard InChI is InChI=1S/C18H23ClN2/c1-14(2)20-12-15-8-10-17(11-9-15)21(3)13-16-6-4-5-7-18(16)19/h4-11,14,20H,12-13H2,1-3H3. The molecule has 0 atom stereocenters. The molecule has 2 nitrogen and oxygen atoms in total. The van der Waals surface area contributed by atoms with Crippen molar-refractivity contribution in [2.45, 2.75) is 33.0 Å². The first kappa shape index (κ1) is 15.9. The van der Waals surface area contributed by atoms with Crippen LogP contribution in [0.25, 0.3) is 0 Å². The van der Waals surface area contributed by atoms with Gasteiger partial charge in [0.1, 0.15) is 0 Å². The van der Waals surface area contributed by atoms with Crippen LogP contribution in [0.15, 0.2) is 48.5 Å². The minimum atomic E-state index is 0.507. The summed E-state index contributed by atoms with van der Waals surface area (Å²) in [6.07, 6.45) is 0. The van der Waals surface area contributed by atoms with E-state index in [1.807, 2.05) is 18.2 Å². The van der Waals surface area contributed by atoms with Crippen LogP contribution in [0.2, 0.25) is 5.02 Å². The van der Waals surface area contributed by atoms with Gasteiger partial charge in [-0.05, 0) is 29.3 Å². The van der Waals surface area contributed by atoms with Crippen LogP contribution in [0, 0.1) is 0 Å². The summed E-state index contributed by atoms with van der Waals surface area (Å²) in [5.41, 5.74) is 3.65. The van der Waals surface area contributed by atoms with E-state index < -0.39 is 0 Å². The molecule has 2 aromatic carbocycles. The van der Waals surface area contributed by atoms with Crippen LogP contribution in [-0.4, -0.2) is 13.1 Å². The van der Waals surface area contributed by atoms with E-state index in [9.17, 15) is 0 Å². The Morgan fingerprint density at radius 3 is 2.33 bits per heavy atom. The zero-order valence-corrected chi connectivity index (χ0v) is 13.7. The Kier molecular flexibility index (Phi) is 5.66. The Morgan fingerprint density at radius 1 is 1.05 bits per heavy atom. The third-order valence-electron chi connectivity index (χ3n) is 3.46. The maximum absolute atomic E-state index is 6.22. The predicted molar refractivity (Wildman–Crippen MR) is 92.0 cm³/mol. The van der Waals surface area contributed by atoms with Gasteiger partial charge in [-0.2, -0.15) is 0 Å². The van der Waals surface area contributed by atoms with Gasteiger partial charge in [0.05, 0.1) is 0 Å². The molecule has 0 aliphatic carbocycles. The second-order valence-electron chi connectivity index (χ2n) is 5.65. The van der Waals surface area contributed by atoms with Crippen molar-refractivity contribution < 1.29 is 0 Å². The van der Waals surface area contributed by atoms with E-state index in [1.54, 1.807) is 0 Å². The van der Waals surface area contributed by atoms with E-state index in [-0.39, 0.29) is 0 Å². The van der Waals surface area contributed by atoms with Gasteiger partial charge in [0.15, 0.2) is 0 Å². The molecule has 0 bridgehead atoms. The molecule has 0 aromatic heterocycles. The second-order valence-corrected chi connectivity index (χ2v) is 6.06. The molecule has 0 unspecified atom stereocenters. The summed E-state index contributed by atoms with van der Waals surface area (Å²) in [5.74, 6) is 0. The number of halogens is 1. The smallest absolute Gasteiger partial charge is 0.0455 e. The predicted octanol–water partition coefficient (Wildman–Crippen LogP) is 4.47. The number of hydrogen-bond donors (Lipinski definition) is 1. The number of hydrogen-bond acceptors (Lipinski definition) is 2. The van der Waals surface area contributed by atoms with Gasteiger partial charge in [-0.25, -0.2) is 0 Å². The first-order valence-electron chi connectivity index (χ1n) is 7.33. The molecule has 0 radical (unpaired) electrons. The van der Waals surface area contributed by atoms with Crippen molar-refractivity contribution in [3.8, 4) is 0 Å². The summed E-state index contributed by atoms with van der Waals surface area (Å²) in [6, 6.07) is 17.2. The molecule has 0 aliphatic rings. The van der Waals surface area contributed by atoms with Crippen LogP contribution in [0.5, 0.6) is 0 Å². The molecule has 21 heavy (non-hydrogen) atoms. The Labute approximate surface area is 132 Å². The molecular weight excluding hydrogens is 280 g/mol. The van der Waals surface area contributed by atoms with E-state index in [1.165, 1.54) is 11.3 Å².